The topological polar surface area (TPSA) is 38.3 Å². The van der Waals surface area contributed by atoms with Gasteiger partial charge in [-0.2, -0.15) is 0 Å². The molecule has 2 unspecified atom stereocenters. The summed E-state index contributed by atoms with van der Waals surface area (Å²) in [7, 11) is 1.68. The van der Waals surface area contributed by atoms with Crippen LogP contribution in [0.2, 0.25) is 0 Å². The normalized spacial score (nSPS) is 25.7. The molecular formula is C10H12BrNO2S. The van der Waals surface area contributed by atoms with Crippen LogP contribution in [0.1, 0.15) is 16.1 Å². The van der Waals surface area contributed by atoms with Gasteiger partial charge in [0.2, 0.25) is 0 Å². The maximum absolute atomic E-state index is 12.1. The number of rotatable bonds is 3. The molecule has 0 aromatic carbocycles. The van der Waals surface area contributed by atoms with Crippen LogP contribution in [0.3, 0.4) is 0 Å². The highest BCUT2D eigenvalue weighted by atomic mass is 79.9. The Morgan fingerprint density at radius 1 is 1.73 bits per heavy atom. The van der Waals surface area contributed by atoms with Crippen molar-refractivity contribution < 1.29 is 9.53 Å². The van der Waals surface area contributed by atoms with E-state index in [1.54, 1.807) is 7.11 Å². The highest BCUT2D eigenvalue weighted by Gasteiger charge is 2.31. The molecule has 0 aliphatic carbocycles. The average molecular weight is 290 g/mol. The van der Waals surface area contributed by atoms with Gasteiger partial charge < -0.3 is 10.1 Å². The van der Waals surface area contributed by atoms with Gasteiger partial charge in [0, 0.05) is 18.1 Å². The molecule has 1 aromatic heterocycles. The number of thiophene rings is 1. The predicted octanol–water partition coefficient (Wildman–Crippen LogP) is 2.07. The smallest absolute Gasteiger partial charge is 0.190 e. The van der Waals surface area contributed by atoms with Gasteiger partial charge >= 0.3 is 0 Å². The lowest BCUT2D eigenvalue weighted by Gasteiger charge is -2.07. The summed E-state index contributed by atoms with van der Waals surface area (Å²) < 4.78 is 6.11. The zero-order valence-corrected chi connectivity index (χ0v) is 10.7. The highest BCUT2D eigenvalue weighted by Crippen LogP contribution is 2.26. The Hall–Kier alpha value is -0.230. The van der Waals surface area contributed by atoms with Crippen molar-refractivity contribution in [2.45, 2.75) is 18.6 Å². The Kier molecular flexibility index (Phi) is 3.56. The Morgan fingerprint density at radius 3 is 3.07 bits per heavy atom. The highest BCUT2D eigenvalue weighted by molar-refractivity contribution is 9.10. The number of carbonyl (C=O) groups excluding carboxylic acids is 1. The quantitative estimate of drug-likeness (QED) is 0.866. The van der Waals surface area contributed by atoms with Gasteiger partial charge in [0.25, 0.3) is 0 Å². The fourth-order valence-electron chi connectivity index (χ4n) is 1.71. The van der Waals surface area contributed by atoms with E-state index in [1.165, 1.54) is 11.3 Å². The van der Waals surface area contributed by atoms with E-state index in [0.717, 1.165) is 22.3 Å². The zero-order valence-electron chi connectivity index (χ0n) is 8.33. The second kappa shape index (κ2) is 4.74. The summed E-state index contributed by atoms with van der Waals surface area (Å²) >= 11 is 4.85. The van der Waals surface area contributed by atoms with Crippen molar-refractivity contribution in [1.82, 2.24) is 5.32 Å². The van der Waals surface area contributed by atoms with Crippen LogP contribution < -0.4 is 5.32 Å². The standard InChI is InChI=1S/C10H12BrNO2S/c1-14-6-4-8(12-5-6)9(13)10-7(11)2-3-15-10/h2-3,6,8,12H,4-5H2,1H3. The third-order valence-electron chi connectivity index (χ3n) is 2.58. The summed E-state index contributed by atoms with van der Waals surface area (Å²) in [6, 6.07) is 1.81. The molecule has 1 saturated heterocycles. The molecule has 2 rings (SSSR count). The van der Waals surface area contributed by atoms with Crippen molar-refractivity contribution in [2.24, 2.45) is 0 Å². The van der Waals surface area contributed by atoms with Gasteiger partial charge in [-0.3, -0.25) is 4.79 Å². The molecule has 1 aliphatic heterocycles. The maximum atomic E-state index is 12.1. The van der Waals surface area contributed by atoms with E-state index in [9.17, 15) is 4.79 Å². The molecular weight excluding hydrogens is 278 g/mol. The van der Waals surface area contributed by atoms with Crippen LogP contribution in [-0.2, 0) is 4.74 Å². The summed E-state index contributed by atoms with van der Waals surface area (Å²) in [6.45, 7) is 0.760. The summed E-state index contributed by atoms with van der Waals surface area (Å²) in [5.41, 5.74) is 0. The van der Waals surface area contributed by atoms with Crippen molar-refractivity contribution >= 4 is 33.0 Å². The fraction of sp³-hybridized carbons (Fsp3) is 0.500. The van der Waals surface area contributed by atoms with Gasteiger partial charge in [0.05, 0.1) is 17.0 Å². The average Bonchev–Trinajstić information content (AvgIpc) is 2.84. The molecule has 0 radical (unpaired) electrons. The lowest BCUT2D eigenvalue weighted by atomic mass is 10.1. The first-order valence-electron chi connectivity index (χ1n) is 4.75. The minimum Gasteiger partial charge on any atom is -0.380 e. The molecule has 5 heteroatoms. The Bertz CT molecular complexity index is 366. The molecule has 0 amide bonds. The summed E-state index contributed by atoms with van der Waals surface area (Å²) in [6.07, 6.45) is 0.928. The number of ketones is 1. The van der Waals surface area contributed by atoms with Crippen molar-refractivity contribution in [3.05, 3.63) is 20.8 Å². The molecule has 1 N–H and O–H groups in total. The van der Waals surface area contributed by atoms with E-state index in [4.69, 9.17) is 4.74 Å². The number of hydrogen-bond acceptors (Lipinski definition) is 4. The van der Waals surface area contributed by atoms with Gasteiger partial charge in [-0.05, 0) is 33.8 Å². The third-order valence-corrected chi connectivity index (χ3v) is 4.43. The minimum atomic E-state index is -0.0927. The first-order valence-corrected chi connectivity index (χ1v) is 6.43. The van der Waals surface area contributed by atoms with E-state index >= 15 is 0 Å². The molecule has 0 spiro atoms. The van der Waals surface area contributed by atoms with Crippen LogP contribution in [-0.4, -0.2) is 31.6 Å². The van der Waals surface area contributed by atoms with Crippen molar-refractivity contribution in [3.8, 4) is 0 Å². The number of ether oxygens (including phenoxy) is 1. The van der Waals surface area contributed by atoms with Crippen LogP contribution in [0.4, 0.5) is 0 Å². The Morgan fingerprint density at radius 2 is 2.53 bits per heavy atom. The molecule has 82 valence electrons. The first-order chi connectivity index (χ1) is 7.22. The fourth-order valence-corrected chi connectivity index (χ4v) is 3.27. The third kappa shape index (κ3) is 2.30. The number of nitrogens with one attached hydrogen (secondary N) is 1. The molecule has 3 nitrogen and oxygen atoms in total. The lowest BCUT2D eigenvalue weighted by molar-refractivity contribution is 0.0922. The van der Waals surface area contributed by atoms with Gasteiger partial charge in [0.1, 0.15) is 0 Å². The van der Waals surface area contributed by atoms with Gasteiger partial charge in [-0.15, -0.1) is 11.3 Å². The van der Waals surface area contributed by atoms with Gasteiger partial charge in [0.15, 0.2) is 5.78 Å². The molecule has 0 bridgehead atoms. The second-order valence-electron chi connectivity index (χ2n) is 3.52. The largest absolute Gasteiger partial charge is 0.380 e. The number of Topliss-reactive ketones (excluding diaryl/α,β-unsaturated/α-hetero) is 1. The number of carbonyl (C=O) groups is 1. The van der Waals surface area contributed by atoms with Crippen LogP contribution >= 0.6 is 27.3 Å². The molecule has 2 heterocycles. The molecule has 1 fully saturated rings. The lowest BCUT2D eigenvalue weighted by Crippen LogP contribution is -2.30. The monoisotopic (exact) mass is 289 g/mol. The van der Waals surface area contributed by atoms with Crippen LogP contribution in [0, 0.1) is 0 Å². The number of methoxy groups -OCH3 is 1. The van der Waals surface area contributed by atoms with Crippen LogP contribution in [0.5, 0.6) is 0 Å². The molecule has 1 aromatic rings. The van der Waals surface area contributed by atoms with Gasteiger partial charge in [-0.1, -0.05) is 0 Å². The van der Waals surface area contributed by atoms with E-state index in [0.29, 0.717) is 0 Å². The second-order valence-corrected chi connectivity index (χ2v) is 5.29. The minimum absolute atomic E-state index is 0.0927. The zero-order chi connectivity index (χ0) is 10.8. The molecule has 2 atom stereocenters. The SMILES string of the molecule is COC1CNC(C(=O)c2sccc2Br)C1. The van der Waals surface area contributed by atoms with E-state index in [2.05, 4.69) is 21.2 Å². The summed E-state index contributed by atoms with van der Waals surface area (Å²) in [5.74, 6) is 0.163. The summed E-state index contributed by atoms with van der Waals surface area (Å²) in [5, 5.41) is 5.10. The Labute approximate surface area is 101 Å². The van der Waals surface area contributed by atoms with Crippen molar-refractivity contribution in [2.75, 3.05) is 13.7 Å². The molecule has 0 saturated carbocycles. The van der Waals surface area contributed by atoms with Gasteiger partial charge in [-0.25, -0.2) is 0 Å². The summed E-state index contributed by atoms with van der Waals surface area (Å²) in [4.78, 5) is 12.8. The van der Waals surface area contributed by atoms with Crippen LogP contribution in [0.15, 0.2) is 15.9 Å². The molecule has 1 aliphatic rings. The Balaban J connectivity index is 2.07. The van der Waals surface area contributed by atoms with Crippen molar-refractivity contribution in [1.29, 1.82) is 0 Å². The van der Waals surface area contributed by atoms with E-state index in [-0.39, 0.29) is 17.9 Å². The van der Waals surface area contributed by atoms with Crippen molar-refractivity contribution in [3.63, 3.8) is 0 Å². The van der Waals surface area contributed by atoms with E-state index < -0.39 is 0 Å². The molecule has 15 heavy (non-hydrogen) atoms. The predicted molar refractivity (Wildman–Crippen MR) is 63.6 cm³/mol. The number of hydrogen-bond donors (Lipinski definition) is 1. The maximum Gasteiger partial charge on any atom is 0.190 e. The number of halogens is 1. The van der Waals surface area contributed by atoms with E-state index in [1.807, 2.05) is 11.4 Å². The first kappa shape index (κ1) is 11.3. The van der Waals surface area contributed by atoms with Crippen LogP contribution in [0.25, 0.3) is 0 Å².